The van der Waals surface area contributed by atoms with Crippen LogP contribution >= 0.6 is 35.7 Å². The Bertz CT molecular complexity index is 406. The monoisotopic (exact) mass is 269 g/mol. The fourth-order valence-corrected chi connectivity index (χ4v) is 3.82. The summed E-state index contributed by atoms with van der Waals surface area (Å²) in [5.41, 5.74) is 1.13. The standard InChI is InChI=1S/C12H15NS3/c14-8-4-1-5-9-15-12-13-10-6-2-3-7-11(10)16-12/h2-3,6-7,14H,1,4-5,8-9H2. The predicted octanol–water partition coefficient (Wildman–Crippen LogP) is 4.49. The highest BCUT2D eigenvalue weighted by Gasteiger charge is 2.02. The van der Waals surface area contributed by atoms with Gasteiger partial charge in [-0.3, -0.25) is 0 Å². The van der Waals surface area contributed by atoms with Crippen molar-refractivity contribution < 1.29 is 0 Å². The number of fused-ring (bicyclic) bond motifs is 1. The summed E-state index contributed by atoms with van der Waals surface area (Å²) >= 11 is 7.89. The molecule has 0 fully saturated rings. The molecular weight excluding hydrogens is 254 g/mol. The topological polar surface area (TPSA) is 12.9 Å². The smallest absolute Gasteiger partial charge is 0.151 e. The third-order valence-corrected chi connectivity index (χ3v) is 4.88. The van der Waals surface area contributed by atoms with Crippen LogP contribution in [0.4, 0.5) is 0 Å². The average molecular weight is 269 g/mol. The van der Waals surface area contributed by atoms with Gasteiger partial charge in [-0.1, -0.05) is 30.3 Å². The Morgan fingerprint density at radius 2 is 2.06 bits per heavy atom. The maximum Gasteiger partial charge on any atom is 0.151 e. The molecule has 1 aromatic heterocycles. The molecule has 0 atom stereocenters. The van der Waals surface area contributed by atoms with Crippen molar-refractivity contribution in [3.63, 3.8) is 0 Å². The Labute approximate surface area is 110 Å². The zero-order chi connectivity index (χ0) is 11.2. The van der Waals surface area contributed by atoms with Gasteiger partial charge in [-0.15, -0.1) is 11.3 Å². The van der Waals surface area contributed by atoms with Crippen molar-refractivity contribution in [1.29, 1.82) is 0 Å². The van der Waals surface area contributed by atoms with Gasteiger partial charge in [-0.2, -0.15) is 12.6 Å². The molecule has 2 rings (SSSR count). The second-order valence-electron chi connectivity index (χ2n) is 3.58. The number of thiazole rings is 1. The molecule has 4 heteroatoms. The normalized spacial score (nSPS) is 11.1. The van der Waals surface area contributed by atoms with Gasteiger partial charge in [-0.05, 0) is 30.7 Å². The van der Waals surface area contributed by atoms with Crippen molar-refractivity contribution in [2.24, 2.45) is 0 Å². The molecule has 0 radical (unpaired) electrons. The van der Waals surface area contributed by atoms with E-state index in [0.29, 0.717) is 0 Å². The summed E-state index contributed by atoms with van der Waals surface area (Å²) in [6.45, 7) is 0. The fourth-order valence-electron chi connectivity index (χ4n) is 1.46. The summed E-state index contributed by atoms with van der Waals surface area (Å²) in [5.74, 6) is 2.18. The van der Waals surface area contributed by atoms with Crippen LogP contribution in [0.15, 0.2) is 28.6 Å². The summed E-state index contributed by atoms with van der Waals surface area (Å²) < 4.78 is 2.49. The number of para-hydroxylation sites is 1. The molecule has 0 aliphatic carbocycles. The van der Waals surface area contributed by atoms with Crippen molar-refractivity contribution >= 4 is 45.9 Å². The van der Waals surface area contributed by atoms with E-state index in [4.69, 9.17) is 0 Å². The number of nitrogens with zero attached hydrogens (tertiary/aromatic N) is 1. The van der Waals surface area contributed by atoms with E-state index >= 15 is 0 Å². The third kappa shape index (κ3) is 3.40. The lowest BCUT2D eigenvalue weighted by molar-refractivity contribution is 0.787. The van der Waals surface area contributed by atoms with E-state index < -0.39 is 0 Å². The zero-order valence-electron chi connectivity index (χ0n) is 9.06. The van der Waals surface area contributed by atoms with Crippen LogP contribution in [0.5, 0.6) is 0 Å². The Morgan fingerprint density at radius 1 is 1.19 bits per heavy atom. The van der Waals surface area contributed by atoms with Gasteiger partial charge in [0.25, 0.3) is 0 Å². The van der Waals surface area contributed by atoms with E-state index in [0.717, 1.165) is 11.3 Å². The SMILES string of the molecule is SCCCCCSc1nc2ccccc2s1. The summed E-state index contributed by atoms with van der Waals surface area (Å²) in [6, 6.07) is 8.33. The van der Waals surface area contributed by atoms with Gasteiger partial charge in [-0.25, -0.2) is 4.98 Å². The number of unbranched alkanes of at least 4 members (excludes halogenated alkanes) is 2. The zero-order valence-corrected chi connectivity index (χ0v) is 11.6. The average Bonchev–Trinajstić information content (AvgIpc) is 2.71. The molecule has 2 aromatic rings. The quantitative estimate of drug-likeness (QED) is 0.471. The number of hydrogen-bond donors (Lipinski definition) is 1. The first kappa shape index (κ1) is 12.3. The first-order valence-corrected chi connectivity index (χ1v) is 7.93. The maximum absolute atomic E-state index is 4.60. The summed E-state index contributed by atoms with van der Waals surface area (Å²) in [6.07, 6.45) is 3.77. The van der Waals surface area contributed by atoms with Crippen molar-refractivity contribution in [2.45, 2.75) is 23.6 Å². The van der Waals surface area contributed by atoms with Gasteiger partial charge in [0.1, 0.15) is 0 Å². The van der Waals surface area contributed by atoms with Crippen LogP contribution in [-0.4, -0.2) is 16.5 Å². The van der Waals surface area contributed by atoms with Crippen LogP contribution in [0, 0.1) is 0 Å². The van der Waals surface area contributed by atoms with E-state index in [1.807, 2.05) is 17.8 Å². The maximum atomic E-state index is 4.60. The van der Waals surface area contributed by atoms with E-state index in [1.54, 1.807) is 11.3 Å². The van der Waals surface area contributed by atoms with Gasteiger partial charge < -0.3 is 0 Å². The van der Waals surface area contributed by atoms with E-state index in [2.05, 4.69) is 35.8 Å². The lowest BCUT2D eigenvalue weighted by Gasteiger charge is -1.96. The van der Waals surface area contributed by atoms with Crippen LogP contribution < -0.4 is 0 Å². The van der Waals surface area contributed by atoms with Crippen LogP contribution in [0.3, 0.4) is 0 Å². The number of thioether (sulfide) groups is 1. The minimum absolute atomic E-state index is 1.01. The molecule has 0 aliphatic heterocycles. The van der Waals surface area contributed by atoms with Gasteiger partial charge in [0.05, 0.1) is 10.2 Å². The number of thiol groups is 1. The molecule has 1 aromatic carbocycles. The molecule has 0 amide bonds. The molecule has 86 valence electrons. The minimum atomic E-state index is 1.01. The molecule has 16 heavy (non-hydrogen) atoms. The van der Waals surface area contributed by atoms with Crippen molar-refractivity contribution in [3.05, 3.63) is 24.3 Å². The minimum Gasteiger partial charge on any atom is -0.230 e. The highest BCUT2D eigenvalue weighted by Crippen LogP contribution is 2.29. The number of benzene rings is 1. The van der Waals surface area contributed by atoms with Crippen LogP contribution in [0.25, 0.3) is 10.2 Å². The van der Waals surface area contributed by atoms with Gasteiger partial charge in [0, 0.05) is 5.75 Å². The lowest BCUT2D eigenvalue weighted by Crippen LogP contribution is -1.81. The number of aromatic nitrogens is 1. The lowest BCUT2D eigenvalue weighted by atomic mass is 10.3. The number of rotatable bonds is 6. The molecule has 0 bridgehead atoms. The third-order valence-electron chi connectivity index (χ3n) is 2.30. The van der Waals surface area contributed by atoms with Crippen molar-refractivity contribution in [3.8, 4) is 0 Å². The van der Waals surface area contributed by atoms with Crippen LogP contribution in [-0.2, 0) is 0 Å². The molecular formula is C12H15NS3. The first-order valence-electron chi connectivity index (χ1n) is 5.49. The molecule has 0 unspecified atom stereocenters. The first-order chi connectivity index (χ1) is 7.90. The molecule has 0 saturated carbocycles. The van der Waals surface area contributed by atoms with Gasteiger partial charge >= 0.3 is 0 Å². The molecule has 0 N–H and O–H groups in total. The largest absolute Gasteiger partial charge is 0.230 e. The summed E-state index contributed by atoms with van der Waals surface area (Å²) in [7, 11) is 0. The highest BCUT2D eigenvalue weighted by molar-refractivity contribution is 8.01. The van der Waals surface area contributed by atoms with Crippen molar-refractivity contribution in [2.75, 3.05) is 11.5 Å². The Balaban J connectivity index is 1.85. The van der Waals surface area contributed by atoms with Gasteiger partial charge in [0.15, 0.2) is 4.34 Å². The molecule has 0 spiro atoms. The second kappa shape index (κ2) is 6.52. The van der Waals surface area contributed by atoms with Crippen LogP contribution in [0.2, 0.25) is 0 Å². The molecule has 0 aliphatic rings. The molecule has 1 heterocycles. The molecule has 1 nitrogen and oxygen atoms in total. The summed E-state index contributed by atoms with van der Waals surface area (Å²) in [5, 5.41) is 0. The molecule has 0 saturated heterocycles. The Hall–Kier alpha value is -0.190. The van der Waals surface area contributed by atoms with E-state index in [9.17, 15) is 0 Å². The van der Waals surface area contributed by atoms with Crippen molar-refractivity contribution in [1.82, 2.24) is 4.98 Å². The van der Waals surface area contributed by atoms with Crippen LogP contribution in [0.1, 0.15) is 19.3 Å². The van der Waals surface area contributed by atoms with E-state index in [-0.39, 0.29) is 0 Å². The Kier molecular flexibility index (Phi) is 5.00. The van der Waals surface area contributed by atoms with Gasteiger partial charge in [0.2, 0.25) is 0 Å². The summed E-state index contributed by atoms with van der Waals surface area (Å²) in [4.78, 5) is 4.60. The number of hydrogen-bond acceptors (Lipinski definition) is 4. The second-order valence-corrected chi connectivity index (χ2v) is 6.40. The van der Waals surface area contributed by atoms with E-state index in [1.165, 1.54) is 34.1 Å². The predicted molar refractivity (Wildman–Crippen MR) is 78.0 cm³/mol. The highest BCUT2D eigenvalue weighted by atomic mass is 32.2. The fraction of sp³-hybridized carbons (Fsp3) is 0.417. The Morgan fingerprint density at radius 3 is 2.88 bits per heavy atom.